The monoisotopic (exact) mass is 502 g/mol. The van der Waals surface area contributed by atoms with Crippen LogP contribution >= 0.6 is 0 Å². The zero-order valence-corrected chi connectivity index (χ0v) is 20.8. The molecule has 0 radical (unpaired) electrons. The van der Waals surface area contributed by atoms with Gasteiger partial charge in [-0.3, -0.25) is 14.6 Å². The van der Waals surface area contributed by atoms with Crippen molar-refractivity contribution in [1.29, 1.82) is 5.26 Å². The number of hydrogen-bond donors (Lipinski definition) is 0. The van der Waals surface area contributed by atoms with Crippen molar-refractivity contribution in [1.82, 2.24) is 14.6 Å². The summed E-state index contributed by atoms with van der Waals surface area (Å²) in [7, 11) is 0. The van der Waals surface area contributed by atoms with E-state index in [0.717, 1.165) is 55.6 Å². The Balaban J connectivity index is 1.08. The Morgan fingerprint density at radius 3 is 2.70 bits per heavy atom. The fraction of sp³-hybridized carbons (Fsp3) is 0.483. The Kier molecular flexibility index (Phi) is 6.56. The van der Waals surface area contributed by atoms with Gasteiger partial charge in [0.2, 0.25) is 5.91 Å². The van der Waals surface area contributed by atoms with Gasteiger partial charge in [0.1, 0.15) is 11.6 Å². The van der Waals surface area contributed by atoms with Crippen molar-refractivity contribution >= 4 is 16.9 Å². The van der Waals surface area contributed by atoms with Crippen LogP contribution in [0.5, 0.6) is 5.75 Å². The quantitative estimate of drug-likeness (QED) is 0.423. The lowest BCUT2D eigenvalue weighted by atomic mass is 9.81. The molecule has 3 aliphatic rings. The van der Waals surface area contributed by atoms with Crippen LogP contribution in [0.4, 0.5) is 4.39 Å². The van der Waals surface area contributed by atoms with Crippen LogP contribution in [-0.2, 0) is 16.2 Å². The molecule has 3 aromatic rings. The van der Waals surface area contributed by atoms with Crippen molar-refractivity contribution in [3.63, 3.8) is 0 Å². The summed E-state index contributed by atoms with van der Waals surface area (Å²) in [5.74, 6) is 1.40. The van der Waals surface area contributed by atoms with Crippen LogP contribution in [0.3, 0.4) is 0 Å². The number of benzene rings is 1. The second-order valence-electron chi connectivity index (χ2n) is 10.7. The number of nitriles is 1. The van der Waals surface area contributed by atoms with Crippen LogP contribution < -0.4 is 4.74 Å². The number of fused-ring (bicyclic) bond motifs is 1. The highest BCUT2D eigenvalue weighted by atomic mass is 19.1. The number of hydroxylamine groups is 2. The lowest BCUT2D eigenvalue weighted by Crippen LogP contribution is -2.37. The highest BCUT2D eigenvalue weighted by Gasteiger charge is 2.37. The number of carbonyl (C=O) groups excluding carboxylic acids is 1. The van der Waals surface area contributed by atoms with Crippen molar-refractivity contribution < 1.29 is 18.8 Å². The van der Waals surface area contributed by atoms with E-state index in [1.807, 2.05) is 18.3 Å². The molecule has 6 rings (SSSR count). The Bertz CT molecular complexity index is 1340. The molecule has 0 unspecified atom stereocenters. The number of aromatic nitrogens is 2. The molecule has 2 saturated carbocycles. The topological polar surface area (TPSA) is 80.4 Å². The molecule has 0 bridgehead atoms. The molecular weight excluding hydrogens is 471 g/mol. The molecule has 2 aliphatic carbocycles. The lowest BCUT2D eigenvalue weighted by molar-refractivity contribution is -0.183. The highest BCUT2D eigenvalue weighted by Crippen LogP contribution is 2.37. The third-order valence-corrected chi connectivity index (χ3v) is 7.98. The van der Waals surface area contributed by atoms with Gasteiger partial charge < -0.3 is 9.30 Å². The first-order valence-corrected chi connectivity index (χ1v) is 13.3. The van der Waals surface area contributed by atoms with Crippen LogP contribution in [0.15, 0.2) is 42.7 Å². The van der Waals surface area contributed by atoms with Crippen LogP contribution in [-0.4, -0.2) is 33.7 Å². The maximum Gasteiger partial charge on any atom is 0.249 e. The SMILES string of the molecule is N#Cc1cc(F)cc([C@@H]2CCON2C(=O)[C@H]2CC[C@H](Cn3ccc4ncc(OCC5CC5)cc43)CC2)c1. The number of halogens is 1. The number of amides is 1. The second-order valence-corrected chi connectivity index (χ2v) is 10.7. The molecule has 3 heterocycles. The molecule has 7 nitrogen and oxygen atoms in total. The third kappa shape index (κ3) is 5.19. The maximum atomic E-state index is 14.0. The summed E-state index contributed by atoms with van der Waals surface area (Å²) in [5.41, 5.74) is 2.93. The van der Waals surface area contributed by atoms with E-state index in [0.29, 0.717) is 30.4 Å². The molecule has 1 amide bonds. The molecule has 192 valence electrons. The molecule has 8 heteroatoms. The average Bonchev–Trinajstić information content (AvgIpc) is 3.47. The van der Waals surface area contributed by atoms with Gasteiger partial charge in [-0.25, -0.2) is 9.45 Å². The smallest absolute Gasteiger partial charge is 0.249 e. The number of hydrogen-bond acceptors (Lipinski definition) is 5. The van der Waals surface area contributed by atoms with E-state index in [1.54, 1.807) is 6.07 Å². The largest absolute Gasteiger partial charge is 0.492 e. The van der Waals surface area contributed by atoms with Gasteiger partial charge in [-0.05, 0) is 80.2 Å². The van der Waals surface area contributed by atoms with Gasteiger partial charge in [0.15, 0.2) is 0 Å². The number of pyridine rings is 1. The maximum absolute atomic E-state index is 14.0. The van der Waals surface area contributed by atoms with E-state index in [-0.39, 0.29) is 23.4 Å². The lowest BCUT2D eigenvalue weighted by Gasteiger charge is -2.32. The Labute approximate surface area is 215 Å². The predicted octanol–water partition coefficient (Wildman–Crippen LogP) is 5.55. The minimum atomic E-state index is -0.469. The summed E-state index contributed by atoms with van der Waals surface area (Å²) in [6.45, 7) is 2.07. The first-order valence-electron chi connectivity index (χ1n) is 13.3. The van der Waals surface area contributed by atoms with E-state index < -0.39 is 5.82 Å². The summed E-state index contributed by atoms with van der Waals surface area (Å²) < 4.78 is 22.2. The number of nitrogens with zero attached hydrogens (tertiary/aromatic N) is 4. The Morgan fingerprint density at radius 2 is 1.92 bits per heavy atom. The second kappa shape index (κ2) is 10.1. The van der Waals surface area contributed by atoms with Gasteiger partial charge in [-0.15, -0.1) is 0 Å². The van der Waals surface area contributed by atoms with E-state index in [2.05, 4.69) is 21.8 Å². The highest BCUT2D eigenvalue weighted by molar-refractivity contribution is 5.79. The molecule has 0 N–H and O–H groups in total. The molecule has 3 fully saturated rings. The zero-order valence-electron chi connectivity index (χ0n) is 20.8. The molecule has 1 aliphatic heterocycles. The van der Waals surface area contributed by atoms with Crippen molar-refractivity contribution in [2.24, 2.45) is 17.8 Å². The molecule has 1 atom stereocenters. The summed E-state index contributed by atoms with van der Waals surface area (Å²) in [5, 5.41) is 10.6. The van der Waals surface area contributed by atoms with Crippen molar-refractivity contribution in [3.8, 4) is 11.8 Å². The van der Waals surface area contributed by atoms with Crippen LogP contribution in [0.25, 0.3) is 11.0 Å². The van der Waals surface area contributed by atoms with Gasteiger partial charge in [0.25, 0.3) is 0 Å². The standard InChI is InChI=1S/C29H31FN4O3/c30-24-12-21(15-31)11-23(13-24)27-8-10-37-34(27)29(35)22-5-3-19(4-6-22)17-33-9-7-26-28(33)14-25(16-32-26)36-18-20-1-2-20/h7,9,11-14,16,19-20,22,27H,1-6,8,10,17-18H2/t19-,22-,27-/m0/s1. The van der Waals surface area contributed by atoms with Gasteiger partial charge in [0, 0.05) is 31.1 Å². The molecule has 2 aromatic heterocycles. The van der Waals surface area contributed by atoms with Crippen molar-refractivity contribution in [2.75, 3.05) is 13.2 Å². The summed E-state index contributed by atoms with van der Waals surface area (Å²) >= 11 is 0. The fourth-order valence-corrected chi connectivity index (χ4v) is 5.69. The number of carbonyl (C=O) groups is 1. The Morgan fingerprint density at radius 1 is 1.11 bits per heavy atom. The summed E-state index contributed by atoms with van der Waals surface area (Å²) in [6, 6.07) is 10.0. The summed E-state index contributed by atoms with van der Waals surface area (Å²) in [6.07, 6.45) is 10.5. The van der Waals surface area contributed by atoms with Crippen molar-refractivity contribution in [3.05, 3.63) is 59.7 Å². The molecule has 1 saturated heterocycles. The molecule has 1 aromatic carbocycles. The third-order valence-electron chi connectivity index (χ3n) is 7.98. The van der Waals surface area contributed by atoms with E-state index in [4.69, 9.17) is 9.57 Å². The van der Waals surface area contributed by atoms with Crippen LogP contribution in [0.2, 0.25) is 0 Å². The predicted molar refractivity (Wildman–Crippen MR) is 135 cm³/mol. The zero-order chi connectivity index (χ0) is 25.4. The van der Waals surface area contributed by atoms with Crippen molar-refractivity contribution in [2.45, 2.75) is 57.5 Å². The molecule has 37 heavy (non-hydrogen) atoms. The van der Waals surface area contributed by atoms with Gasteiger partial charge in [-0.2, -0.15) is 5.26 Å². The van der Waals surface area contributed by atoms with Gasteiger partial charge in [-0.1, -0.05) is 0 Å². The normalized spacial score (nSPS) is 23.8. The van der Waals surface area contributed by atoms with E-state index in [1.165, 1.54) is 30.0 Å². The Hall–Kier alpha value is -3.44. The van der Waals surface area contributed by atoms with E-state index in [9.17, 15) is 14.4 Å². The van der Waals surface area contributed by atoms with Crippen LogP contribution in [0, 0.1) is 34.9 Å². The first kappa shape index (κ1) is 23.9. The fourth-order valence-electron chi connectivity index (χ4n) is 5.69. The minimum Gasteiger partial charge on any atom is -0.492 e. The number of rotatable bonds is 7. The average molecular weight is 503 g/mol. The van der Waals surface area contributed by atoms with Gasteiger partial charge >= 0.3 is 0 Å². The summed E-state index contributed by atoms with van der Waals surface area (Å²) in [4.78, 5) is 23.7. The van der Waals surface area contributed by atoms with E-state index >= 15 is 0 Å². The first-order chi connectivity index (χ1) is 18.1. The van der Waals surface area contributed by atoms with Gasteiger partial charge in [0.05, 0.1) is 48.1 Å². The van der Waals surface area contributed by atoms with Crippen LogP contribution in [0.1, 0.15) is 62.1 Å². The molecule has 0 spiro atoms. The number of ether oxygens (including phenoxy) is 1. The molecular formula is C29H31FN4O3. The minimum absolute atomic E-state index is 0.0308.